The summed E-state index contributed by atoms with van der Waals surface area (Å²) in [4.78, 5) is 33.9. The number of anilines is 1. The Balaban J connectivity index is 1.84. The van der Waals surface area contributed by atoms with E-state index >= 15 is 0 Å². The molecular formula is C19H20N4O2S. The number of pyridine rings is 1. The van der Waals surface area contributed by atoms with Crippen molar-refractivity contribution in [3.63, 3.8) is 0 Å². The van der Waals surface area contributed by atoms with Gasteiger partial charge in [0, 0.05) is 13.2 Å². The van der Waals surface area contributed by atoms with Crippen LogP contribution >= 0.6 is 11.8 Å². The van der Waals surface area contributed by atoms with E-state index < -0.39 is 0 Å². The van der Waals surface area contributed by atoms with E-state index in [0.717, 1.165) is 5.56 Å². The highest BCUT2D eigenvalue weighted by Crippen LogP contribution is 2.25. The summed E-state index contributed by atoms with van der Waals surface area (Å²) < 4.78 is 1.49. The number of aryl methyl sites for hydroxylation is 1. The van der Waals surface area contributed by atoms with Gasteiger partial charge in [0.15, 0.2) is 5.16 Å². The van der Waals surface area contributed by atoms with Gasteiger partial charge in [0.25, 0.3) is 5.56 Å². The van der Waals surface area contributed by atoms with Crippen LogP contribution in [0.4, 0.5) is 5.82 Å². The number of nitrogens with zero attached hydrogens (tertiary/aromatic N) is 3. The number of benzene rings is 1. The second-order valence-corrected chi connectivity index (χ2v) is 7.17. The smallest absolute Gasteiger partial charge is 0.261 e. The molecule has 3 aromatic rings. The van der Waals surface area contributed by atoms with Crippen LogP contribution < -0.4 is 10.9 Å². The Labute approximate surface area is 155 Å². The lowest BCUT2D eigenvalue weighted by molar-refractivity contribution is -0.115. The molecule has 0 fully saturated rings. The molecule has 0 radical (unpaired) electrons. The van der Waals surface area contributed by atoms with Crippen molar-refractivity contribution in [2.24, 2.45) is 7.05 Å². The third-order valence-electron chi connectivity index (χ3n) is 4.02. The van der Waals surface area contributed by atoms with Crippen LogP contribution in [0.3, 0.4) is 0 Å². The maximum absolute atomic E-state index is 12.6. The second kappa shape index (κ2) is 7.70. The molecule has 0 aliphatic heterocycles. The number of rotatable bonds is 5. The predicted molar refractivity (Wildman–Crippen MR) is 105 cm³/mol. The Bertz CT molecular complexity index is 999. The first-order chi connectivity index (χ1) is 12.5. The van der Waals surface area contributed by atoms with Gasteiger partial charge in [0.1, 0.15) is 5.82 Å². The zero-order valence-electron chi connectivity index (χ0n) is 14.9. The first kappa shape index (κ1) is 18.1. The van der Waals surface area contributed by atoms with E-state index in [0.29, 0.717) is 28.3 Å². The van der Waals surface area contributed by atoms with E-state index in [4.69, 9.17) is 0 Å². The molecule has 2 aromatic heterocycles. The largest absolute Gasteiger partial charge is 0.310 e. The lowest BCUT2D eigenvalue weighted by Crippen LogP contribution is -2.27. The summed E-state index contributed by atoms with van der Waals surface area (Å²) >= 11 is 1.29. The molecule has 1 atom stereocenters. The SMILES string of the molecule is CCC(Sc1nc2ccccc2c(=O)n1C)C(=O)Nc1ccc(C)cn1. The Morgan fingerprint density at radius 1 is 1.27 bits per heavy atom. The number of thioether (sulfide) groups is 1. The van der Waals surface area contributed by atoms with Crippen molar-refractivity contribution in [1.82, 2.24) is 14.5 Å². The van der Waals surface area contributed by atoms with Crippen molar-refractivity contribution < 1.29 is 4.79 Å². The maximum Gasteiger partial charge on any atom is 0.261 e. The number of carbonyl (C=O) groups excluding carboxylic acids is 1. The van der Waals surface area contributed by atoms with Crippen LogP contribution in [-0.2, 0) is 11.8 Å². The van der Waals surface area contributed by atoms with Crippen molar-refractivity contribution in [1.29, 1.82) is 0 Å². The van der Waals surface area contributed by atoms with Gasteiger partial charge in [-0.1, -0.05) is 36.9 Å². The van der Waals surface area contributed by atoms with Crippen molar-refractivity contribution in [2.75, 3.05) is 5.32 Å². The number of amides is 1. The van der Waals surface area contributed by atoms with Crippen molar-refractivity contribution >= 4 is 34.4 Å². The van der Waals surface area contributed by atoms with E-state index in [2.05, 4.69) is 15.3 Å². The summed E-state index contributed by atoms with van der Waals surface area (Å²) in [5.74, 6) is 0.358. The molecule has 0 spiro atoms. The van der Waals surface area contributed by atoms with E-state index in [9.17, 15) is 9.59 Å². The molecule has 26 heavy (non-hydrogen) atoms. The summed E-state index contributed by atoms with van der Waals surface area (Å²) in [5, 5.41) is 3.54. The quantitative estimate of drug-likeness (QED) is 0.553. The highest BCUT2D eigenvalue weighted by atomic mass is 32.2. The fraction of sp³-hybridized carbons (Fsp3) is 0.263. The summed E-state index contributed by atoms with van der Waals surface area (Å²) in [6, 6.07) is 10.9. The van der Waals surface area contributed by atoms with Crippen LogP contribution in [0.15, 0.2) is 52.5 Å². The number of hydrogen-bond acceptors (Lipinski definition) is 5. The van der Waals surface area contributed by atoms with E-state index in [1.165, 1.54) is 16.3 Å². The van der Waals surface area contributed by atoms with E-state index in [-0.39, 0.29) is 16.7 Å². The maximum atomic E-state index is 12.6. The average Bonchev–Trinajstić information content (AvgIpc) is 2.65. The zero-order chi connectivity index (χ0) is 18.7. The molecule has 2 heterocycles. The summed E-state index contributed by atoms with van der Waals surface area (Å²) in [5.41, 5.74) is 1.54. The highest BCUT2D eigenvalue weighted by Gasteiger charge is 2.21. The lowest BCUT2D eigenvalue weighted by Gasteiger charge is -2.16. The Hall–Kier alpha value is -2.67. The molecule has 1 N–H and O–H groups in total. The Morgan fingerprint density at radius 3 is 2.73 bits per heavy atom. The lowest BCUT2D eigenvalue weighted by atomic mass is 10.2. The molecule has 0 saturated carbocycles. The van der Waals surface area contributed by atoms with Gasteiger partial charge in [-0.25, -0.2) is 9.97 Å². The van der Waals surface area contributed by atoms with E-state index in [1.807, 2.05) is 32.0 Å². The van der Waals surface area contributed by atoms with Crippen LogP contribution in [0.25, 0.3) is 10.9 Å². The standard InChI is InChI=1S/C19H20N4O2S/c1-4-15(17(24)22-16-10-9-12(2)11-20-16)26-19-21-14-8-6-5-7-13(14)18(25)23(19)3/h5-11,15H,4H2,1-3H3,(H,20,22,24). The first-order valence-electron chi connectivity index (χ1n) is 8.35. The van der Waals surface area contributed by atoms with Gasteiger partial charge in [-0.2, -0.15) is 0 Å². The topological polar surface area (TPSA) is 76.9 Å². The third-order valence-corrected chi connectivity index (χ3v) is 5.42. The van der Waals surface area contributed by atoms with Crippen LogP contribution in [0.5, 0.6) is 0 Å². The van der Waals surface area contributed by atoms with Crippen molar-refractivity contribution in [3.05, 3.63) is 58.5 Å². The van der Waals surface area contributed by atoms with Gasteiger partial charge in [0.05, 0.1) is 16.2 Å². The summed E-state index contributed by atoms with van der Waals surface area (Å²) in [6.07, 6.45) is 2.31. The highest BCUT2D eigenvalue weighted by molar-refractivity contribution is 8.00. The monoisotopic (exact) mass is 368 g/mol. The average molecular weight is 368 g/mol. The number of fused-ring (bicyclic) bond motifs is 1. The predicted octanol–water partition coefficient (Wildman–Crippen LogP) is 3.15. The molecule has 3 rings (SSSR count). The zero-order valence-corrected chi connectivity index (χ0v) is 15.7. The second-order valence-electron chi connectivity index (χ2n) is 6.00. The molecule has 0 aliphatic rings. The van der Waals surface area contributed by atoms with Gasteiger partial charge >= 0.3 is 0 Å². The number of nitrogens with one attached hydrogen (secondary N) is 1. The molecule has 6 nitrogen and oxygen atoms in total. The fourth-order valence-electron chi connectivity index (χ4n) is 2.50. The fourth-order valence-corrected chi connectivity index (χ4v) is 3.48. The normalized spacial score (nSPS) is 12.1. The molecular weight excluding hydrogens is 348 g/mol. The van der Waals surface area contributed by atoms with Gasteiger partial charge in [-0.05, 0) is 37.1 Å². The molecule has 134 valence electrons. The number of carbonyl (C=O) groups is 1. The van der Waals surface area contributed by atoms with Gasteiger partial charge in [0.2, 0.25) is 5.91 Å². The minimum Gasteiger partial charge on any atom is -0.310 e. The van der Waals surface area contributed by atoms with Crippen molar-refractivity contribution in [3.8, 4) is 0 Å². The Morgan fingerprint density at radius 2 is 2.04 bits per heavy atom. The number of para-hydroxylation sites is 1. The van der Waals surface area contributed by atoms with Crippen molar-refractivity contribution in [2.45, 2.75) is 30.7 Å². The summed E-state index contributed by atoms with van der Waals surface area (Å²) in [7, 11) is 1.68. The molecule has 7 heteroatoms. The van der Waals surface area contributed by atoms with Crippen LogP contribution in [0.2, 0.25) is 0 Å². The number of hydrogen-bond donors (Lipinski definition) is 1. The summed E-state index contributed by atoms with van der Waals surface area (Å²) in [6.45, 7) is 3.87. The molecule has 0 saturated heterocycles. The molecule has 1 unspecified atom stereocenters. The minimum atomic E-state index is -0.377. The third kappa shape index (κ3) is 3.77. The molecule has 1 amide bonds. The number of aromatic nitrogens is 3. The molecule has 0 bridgehead atoms. The van der Waals surface area contributed by atoms with Gasteiger partial charge in [-0.3, -0.25) is 14.2 Å². The van der Waals surface area contributed by atoms with E-state index in [1.54, 1.807) is 31.4 Å². The first-order valence-corrected chi connectivity index (χ1v) is 9.23. The van der Waals surface area contributed by atoms with Gasteiger partial charge < -0.3 is 5.32 Å². The molecule has 1 aromatic carbocycles. The molecule has 0 aliphatic carbocycles. The van der Waals surface area contributed by atoms with Crippen LogP contribution in [0, 0.1) is 6.92 Å². The minimum absolute atomic E-state index is 0.117. The van der Waals surface area contributed by atoms with Crippen LogP contribution in [-0.4, -0.2) is 25.7 Å². The van der Waals surface area contributed by atoms with Crippen LogP contribution in [0.1, 0.15) is 18.9 Å². The Kier molecular flexibility index (Phi) is 5.37. The van der Waals surface area contributed by atoms with Gasteiger partial charge in [-0.15, -0.1) is 0 Å².